The van der Waals surface area contributed by atoms with Crippen LogP contribution in [0, 0.1) is 5.92 Å². The van der Waals surface area contributed by atoms with Crippen molar-refractivity contribution >= 4 is 5.82 Å². The summed E-state index contributed by atoms with van der Waals surface area (Å²) in [7, 11) is 0. The molecule has 2 aliphatic rings. The number of rotatable bonds is 2. The molecule has 2 aromatic rings. The van der Waals surface area contributed by atoms with Gasteiger partial charge in [-0.15, -0.1) is 10.2 Å². The minimum Gasteiger partial charge on any atom is -0.339 e. The second-order valence-corrected chi connectivity index (χ2v) is 6.37. The van der Waals surface area contributed by atoms with Crippen molar-refractivity contribution in [3.8, 4) is 5.69 Å². The molecule has 1 saturated carbocycles. The molecule has 6 heteroatoms. The maximum atomic E-state index is 4.82. The van der Waals surface area contributed by atoms with E-state index in [4.69, 9.17) is 4.98 Å². The van der Waals surface area contributed by atoms with Crippen LogP contribution in [0.4, 0.5) is 5.82 Å². The van der Waals surface area contributed by atoms with Crippen molar-refractivity contribution < 1.29 is 0 Å². The van der Waals surface area contributed by atoms with Gasteiger partial charge in [0.05, 0.1) is 6.20 Å². The third kappa shape index (κ3) is 1.47. The fourth-order valence-electron chi connectivity index (χ4n) is 3.68. The van der Waals surface area contributed by atoms with Crippen LogP contribution in [-0.4, -0.2) is 30.8 Å². The Hall–Kier alpha value is -1.98. The van der Waals surface area contributed by atoms with Gasteiger partial charge in [0.15, 0.2) is 11.6 Å². The van der Waals surface area contributed by atoms with Crippen LogP contribution in [0.1, 0.15) is 45.8 Å². The fourth-order valence-corrected chi connectivity index (χ4v) is 3.68. The predicted molar refractivity (Wildman–Crippen MR) is 79.4 cm³/mol. The number of nitrogens with zero attached hydrogens (tertiary/aromatic N) is 6. The summed E-state index contributed by atoms with van der Waals surface area (Å²) in [6, 6.07) is 0.360. The molecule has 1 fully saturated rings. The lowest BCUT2D eigenvalue weighted by Crippen LogP contribution is -2.47. The molecule has 1 unspecified atom stereocenters. The van der Waals surface area contributed by atoms with Crippen molar-refractivity contribution in [3.63, 3.8) is 0 Å². The Morgan fingerprint density at radius 3 is 2.81 bits per heavy atom. The fraction of sp³-hybridized carbons (Fsp3) is 0.600. The lowest BCUT2D eigenvalue weighted by molar-refractivity contribution is 0.466. The molecular formula is C15H20N6. The molecule has 0 saturated heterocycles. The van der Waals surface area contributed by atoms with Crippen LogP contribution in [0.25, 0.3) is 5.69 Å². The summed E-state index contributed by atoms with van der Waals surface area (Å²) in [5, 5.41) is 8.55. The highest BCUT2D eigenvalue weighted by Crippen LogP contribution is 2.60. The third-order valence-corrected chi connectivity index (χ3v) is 4.76. The highest BCUT2D eigenvalue weighted by atomic mass is 15.4. The average molecular weight is 284 g/mol. The van der Waals surface area contributed by atoms with Crippen LogP contribution in [0.15, 0.2) is 12.5 Å². The number of anilines is 1. The Balaban J connectivity index is 2.00. The van der Waals surface area contributed by atoms with Gasteiger partial charge in [-0.1, -0.05) is 13.8 Å². The van der Waals surface area contributed by atoms with E-state index < -0.39 is 0 Å². The molecule has 0 bridgehead atoms. The molecule has 1 aliphatic heterocycles. The maximum Gasteiger partial charge on any atom is 0.163 e. The van der Waals surface area contributed by atoms with E-state index in [1.807, 2.05) is 6.20 Å². The Labute approximate surface area is 124 Å². The largest absolute Gasteiger partial charge is 0.339 e. The summed E-state index contributed by atoms with van der Waals surface area (Å²) < 4.78 is 2.07. The highest BCUT2D eigenvalue weighted by Gasteiger charge is 2.63. The first-order valence-corrected chi connectivity index (χ1v) is 7.65. The first kappa shape index (κ1) is 12.7. The standard InChI is InChI=1S/C15H20N6/c1-5-12-16-7-11-13(18-12)21(9(2)3)15(6-10(15)4)14-19-17-8-20(11)14/h7-10H,5-6H2,1-4H3/t10-,15?/m0/s1. The summed E-state index contributed by atoms with van der Waals surface area (Å²) >= 11 is 0. The topological polar surface area (TPSA) is 59.7 Å². The zero-order valence-electron chi connectivity index (χ0n) is 12.9. The van der Waals surface area contributed by atoms with Gasteiger partial charge >= 0.3 is 0 Å². The first-order valence-electron chi connectivity index (χ1n) is 7.65. The van der Waals surface area contributed by atoms with Crippen molar-refractivity contribution in [1.82, 2.24) is 24.7 Å². The number of hydrogen-bond acceptors (Lipinski definition) is 5. The van der Waals surface area contributed by atoms with Crippen molar-refractivity contribution in [2.75, 3.05) is 4.90 Å². The molecule has 6 nitrogen and oxygen atoms in total. The SMILES string of the molecule is CCc1ncc2c(n1)N(C(C)C)C1(C[C@@H]1C)c1nncn1-2. The Morgan fingerprint density at radius 1 is 1.43 bits per heavy atom. The molecular weight excluding hydrogens is 264 g/mol. The molecule has 0 amide bonds. The molecule has 0 N–H and O–H groups in total. The van der Waals surface area contributed by atoms with Crippen molar-refractivity contribution in [2.24, 2.45) is 5.92 Å². The molecule has 21 heavy (non-hydrogen) atoms. The van der Waals surface area contributed by atoms with Gasteiger partial charge in [0.1, 0.15) is 23.4 Å². The second-order valence-electron chi connectivity index (χ2n) is 6.37. The van der Waals surface area contributed by atoms with Gasteiger partial charge in [0.2, 0.25) is 0 Å². The van der Waals surface area contributed by atoms with Crippen LogP contribution in [-0.2, 0) is 12.0 Å². The Bertz CT molecular complexity index is 706. The number of aromatic nitrogens is 5. The van der Waals surface area contributed by atoms with Crippen LogP contribution < -0.4 is 4.90 Å². The molecule has 2 aromatic heterocycles. The van der Waals surface area contributed by atoms with E-state index in [2.05, 4.69) is 52.3 Å². The lowest BCUT2D eigenvalue weighted by atomic mass is 10.0. The number of hydrogen-bond donors (Lipinski definition) is 0. The van der Waals surface area contributed by atoms with Gasteiger partial charge in [-0.25, -0.2) is 9.97 Å². The molecule has 0 aromatic carbocycles. The van der Waals surface area contributed by atoms with Crippen molar-refractivity contribution in [3.05, 3.63) is 24.2 Å². The first-order chi connectivity index (χ1) is 10.1. The summed E-state index contributed by atoms with van der Waals surface area (Å²) in [6.07, 6.45) is 5.64. The van der Waals surface area contributed by atoms with E-state index in [0.717, 1.165) is 36.0 Å². The van der Waals surface area contributed by atoms with Gasteiger partial charge in [0, 0.05) is 12.5 Å². The minimum absolute atomic E-state index is 0.0446. The average Bonchev–Trinajstić information content (AvgIpc) is 2.90. The van der Waals surface area contributed by atoms with Crippen LogP contribution >= 0.6 is 0 Å². The molecule has 2 atom stereocenters. The van der Waals surface area contributed by atoms with Gasteiger partial charge in [-0.3, -0.25) is 4.57 Å². The molecule has 4 rings (SSSR count). The summed E-state index contributed by atoms with van der Waals surface area (Å²) in [4.78, 5) is 11.7. The van der Waals surface area contributed by atoms with E-state index >= 15 is 0 Å². The van der Waals surface area contributed by atoms with Crippen molar-refractivity contribution in [1.29, 1.82) is 0 Å². The predicted octanol–water partition coefficient (Wildman–Crippen LogP) is 2.08. The highest BCUT2D eigenvalue weighted by molar-refractivity contribution is 5.65. The molecule has 0 radical (unpaired) electrons. The van der Waals surface area contributed by atoms with Crippen LogP contribution in [0.3, 0.4) is 0 Å². The number of aryl methyl sites for hydroxylation is 1. The van der Waals surface area contributed by atoms with E-state index in [1.165, 1.54) is 0 Å². The van der Waals surface area contributed by atoms with Crippen LogP contribution in [0.2, 0.25) is 0 Å². The van der Waals surface area contributed by atoms with Gasteiger partial charge in [0.25, 0.3) is 0 Å². The molecule has 3 heterocycles. The van der Waals surface area contributed by atoms with E-state index in [-0.39, 0.29) is 5.54 Å². The Morgan fingerprint density at radius 2 is 2.19 bits per heavy atom. The zero-order chi connectivity index (χ0) is 14.8. The number of fused-ring (bicyclic) bond motifs is 4. The van der Waals surface area contributed by atoms with E-state index in [9.17, 15) is 0 Å². The third-order valence-electron chi connectivity index (χ3n) is 4.76. The lowest BCUT2D eigenvalue weighted by Gasteiger charge is -2.41. The van der Waals surface area contributed by atoms with E-state index in [0.29, 0.717) is 12.0 Å². The summed E-state index contributed by atoms with van der Waals surface area (Å²) in [5.74, 6) is 3.51. The van der Waals surface area contributed by atoms with E-state index in [1.54, 1.807) is 6.33 Å². The van der Waals surface area contributed by atoms with Gasteiger partial charge < -0.3 is 4.90 Å². The maximum absolute atomic E-state index is 4.82. The molecule has 1 spiro atoms. The molecule has 1 aliphatic carbocycles. The normalized spacial score (nSPS) is 26.1. The van der Waals surface area contributed by atoms with Gasteiger partial charge in [-0.05, 0) is 26.2 Å². The Kier molecular flexibility index (Phi) is 2.44. The molecule has 110 valence electrons. The van der Waals surface area contributed by atoms with Gasteiger partial charge in [-0.2, -0.15) is 0 Å². The minimum atomic E-state index is -0.0446. The van der Waals surface area contributed by atoms with Crippen molar-refractivity contribution in [2.45, 2.75) is 52.1 Å². The van der Waals surface area contributed by atoms with Crippen LogP contribution in [0.5, 0.6) is 0 Å². The smallest absolute Gasteiger partial charge is 0.163 e. The summed E-state index contributed by atoms with van der Waals surface area (Å²) in [6.45, 7) is 8.80. The summed E-state index contributed by atoms with van der Waals surface area (Å²) in [5.41, 5.74) is 0.947. The quantitative estimate of drug-likeness (QED) is 0.845. The zero-order valence-corrected chi connectivity index (χ0v) is 12.9. The second kappa shape index (κ2) is 4.02. The monoisotopic (exact) mass is 284 g/mol.